The third-order valence-electron chi connectivity index (χ3n) is 3.30. The van der Waals surface area contributed by atoms with Gasteiger partial charge in [-0.1, -0.05) is 0 Å². The molecule has 2 heterocycles. The van der Waals surface area contributed by atoms with Gasteiger partial charge in [0.1, 0.15) is 0 Å². The Kier molecular flexibility index (Phi) is 3.54. The Bertz CT molecular complexity index is 617. The van der Waals surface area contributed by atoms with E-state index < -0.39 is 0 Å². The van der Waals surface area contributed by atoms with Crippen molar-refractivity contribution in [3.05, 3.63) is 23.9 Å². The number of carbonyl (C=O) groups is 1. The number of hydrogen-bond acceptors (Lipinski definition) is 4. The maximum absolute atomic E-state index is 11.5. The van der Waals surface area contributed by atoms with Crippen molar-refractivity contribution >= 4 is 17.5 Å². The number of carbonyl (C=O) groups excluding carboxylic acids is 1. The lowest BCUT2D eigenvalue weighted by molar-refractivity contribution is -0.121. The minimum atomic E-state index is 0.146. The second kappa shape index (κ2) is 5.48. The largest absolute Gasteiger partial charge is 0.353 e. The summed E-state index contributed by atoms with van der Waals surface area (Å²) in [5, 5.41) is 10.5. The average Bonchev–Trinajstić information content (AvgIpc) is 3.12. The van der Waals surface area contributed by atoms with Gasteiger partial charge < -0.3 is 10.6 Å². The number of pyridine rings is 1. The minimum absolute atomic E-state index is 0.146. The molecule has 106 valence electrons. The molecule has 2 aromatic rings. The van der Waals surface area contributed by atoms with E-state index in [1.165, 1.54) is 0 Å². The van der Waals surface area contributed by atoms with Gasteiger partial charge in [0.2, 0.25) is 11.9 Å². The number of amides is 1. The molecule has 0 aromatic carbocycles. The monoisotopic (exact) mass is 273 g/mol. The number of anilines is 1. The van der Waals surface area contributed by atoms with Crippen molar-refractivity contribution < 1.29 is 4.79 Å². The first kappa shape index (κ1) is 12.9. The number of aromatic nitrogens is 3. The maximum atomic E-state index is 11.5. The Morgan fingerprint density at radius 2 is 2.35 bits per heavy atom. The lowest BCUT2D eigenvalue weighted by Gasteiger charge is -2.03. The van der Waals surface area contributed by atoms with Crippen LogP contribution in [0, 0.1) is 6.92 Å². The molecule has 2 N–H and O–H groups in total. The SMILES string of the molecule is Cc1ccn2nc(NCCCC(=O)NC3CC3)nc2c1. The number of nitrogens with zero attached hydrogens (tertiary/aromatic N) is 3. The quantitative estimate of drug-likeness (QED) is 0.783. The molecule has 6 heteroatoms. The fourth-order valence-electron chi connectivity index (χ4n) is 2.03. The molecule has 0 aliphatic heterocycles. The smallest absolute Gasteiger partial charge is 0.243 e. The van der Waals surface area contributed by atoms with Gasteiger partial charge in [-0.3, -0.25) is 4.79 Å². The van der Waals surface area contributed by atoms with E-state index >= 15 is 0 Å². The topological polar surface area (TPSA) is 71.3 Å². The number of rotatable bonds is 6. The summed E-state index contributed by atoms with van der Waals surface area (Å²) in [5.74, 6) is 0.756. The van der Waals surface area contributed by atoms with Crippen LogP contribution in [-0.4, -0.2) is 33.1 Å². The molecular weight excluding hydrogens is 254 g/mol. The van der Waals surface area contributed by atoms with Crippen LogP contribution in [0.15, 0.2) is 18.3 Å². The van der Waals surface area contributed by atoms with Gasteiger partial charge in [0.05, 0.1) is 0 Å². The standard InChI is InChI=1S/C14H19N5O/c1-10-6-8-19-12(9-10)17-14(18-19)15-7-2-3-13(20)16-11-4-5-11/h6,8-9,11H,2-5,7H2,1H3,(H,15,18)(H,16,20). The predicted octanol–water partition coefficient (Wildman–Crippen LogP) is 1.51. The van der Waals surface area contributed by atoms with E-state index in [1.807, 2.05) is 25.3 Å². The number of nitrogens with one attached hydrogen (secondary N) is 2. The summed E-state index contributed by atoms with van der Waals surface area (Å²) in [6.07, 6.45) is 5.50. The zero-order valence-electron chi connectivity index (χ0n) is 11.6. The Balaban J connectivity index is 1.45. The van der Waals surface area contributed by atoms with Gasteiger partial charge in [-0.15, -0.1) is 5.10 Å². The van der Waals surface area contributed by atoms with Crippen LogP contribution in [0.5, 0.6) is 0 Å². The minimum Gasteiger partial charge on any atom is -0.353 e. The number of aryl methyl sites for hydroxylation is 1. The molecule has 1 fully saturated rings. The van der Waals surface area contributed by atoms with Crippen molar-refractivity contribution in [2.45, 2.75) is 38.6 Å². The molecule has 0 radical (unpaired) electrons. The molecule has 1 amide bonds. The first-order valence-corrected chi connectivity index (χ1v) is 7.07. The lowest BCUT2D eigenvalue weighted by Crippen LogP contribution is -2.25. The summed E-state index contributed by atoms with van der Waals surface area (Å²) in [6, 6.07) is 4.42. The van der Waals surface area contributed by atoms with Gasteiger partial charge >= 0.3 is 0 Å². The molecule has 0 saturated heterocycles. The predicted molar refractivity (Wildman–Crippen MR) is 76.6 cm³/mol. The van der Waals surface area contributed by atoms with Gasteiger partial charge in [0.25, 0.3) is 0 Å². The van der Waals surface area contributed by atoms with Gasteiger partial charge in [-0.2, -0.15) is 4.98 Å². The van der Waals surface area contributed by atoms with Crippen LogP contribution < -0.4 is 10.6 Å². The van der Waals surface area contributed by atoms with Crippen LogP contribution in [0.4, 0.5) is 5.95 Å². The first-order chi connectivity index (χ1) is 9.70. The second-order valence-corrected chi connectivity index (χ2v) is 5.31. The third kappa shape index (κ3) is 3.26. The summed E-state index contributed by atoms with van der Waals surface area (Å²) in [5.41, 5.74) is 1.99. The summed E-state index contributed by atoms with van der Waals surface area (Å²) >= 11 is 0. The summed E-state index contributed by atoms with van der Waals surface area (Å²) in [7, 11) is 0. The number of fused-ring (bicyclic) bond motifs is 1. The highest BCUT2D eigenvalue weighted by molar-refractivity contribution is 5.76. The summed E-state index contributed by atoms with van der Waals surface area (Å²) in [4.78, 5) is 15.9. The molecular formula is C14H19N5O. The summed E-state index contributed by atoms with van der Waals surface area (Å²) < 4.78 is 1.75. The van der Waals surface area contributed by atoms with Crippen molar-refractivity contribution in [3.8, 4) is 0 Å². The molecule has 0 unspecified atom stereocenters. The van der Waals surface area contributed by atoms with Crippen LogP contribution in [0.2, 0.25) is 0 Å². The zero-order chi connectivity index (χ0) is 13.9. The third-order valence-corrected chi connectivity index (χ3v) is 3.30. The first-order valence-electron chi connectivity index (χ1n) is 7.07. The van der Waals surface area contributed by atoms with Crippen LogP contribution in [-0.2, 0) is 4.79 Å². The second-order valence-electron chi connectivity index (χ2n) is 5.31. The van der Waals surface area contributed by atoms with Crippen molar-refractivity contribution in [3.63, 3.8) is 0 Å². The van der Waals surface area contributed by atoms with Crippen LogP contribution >= 0.6 is 0 Å². The highest BCUT2D eigenvalue weighted by Crippen LogP contribution is 2.18. The average molecular weight is 273 g/mol. The molecule has 3 rings (SSSR count). The van der Waals surface area contributed by atoms with Crippen LogP contribution in [0.3, 0.4) is 0 Å². The normalized spacial score (nSPS) is 14.4. The van der Waals surface area contributed by atoms with Crippen LogP contribution in [0.25, 0.3) is 5.65 Å². The van der Waals surface area contributed by atoms with Crippen LogP contribution in [0.1, 0.15) is 31.2 Å². The molecule has 0 atom stereocenters. The highest BCUT2D eigenvalue weighted by Gasteiger charge is 2.22. The van der Waals surface area contributed by atoms with E-state index in [0.717, 1.165) is 30.5 Å². The lowest BCUT2D eigenvalue weighted by atomic mass is 10.3. The van der Waals surface area contributed by atoms with Crippen molar-refractivity contribution in [2.24, 2.45) is 0 Å². The van der Waals surface area contributed by atoms with E-state index in [2.05, 4.69) is 20.7 Å². The molecule has 0 bridgehead atoms. The Hall–Kier alpha value is -2.11. The Morgan fingerprint density at radius 3 is 3.15 bits per heavy atom. The molecule has 0 spiro atoms. The summed E-state index contributed by atoms with van der Waals surface area (Å²) in [6.45, 7) is 2.73. The van der Waals surface area contributed by atoms with Crippen molar-refractivity contribution in [1.29, 1.82) is 0 Å². The Morgan fingerprint density at radius 1 is 1.50 bits per heavy atom. The highest BCUT2D eigenvalue weighted by atomic mass is 16.1. The van der Waals surface area contributed by atoms with E-state index in [9.17, 15) is 4.79 Å². The Labute approximate surface area is 117 Å². The maximum Gasteiger partial charge on any atom is 0.243 e. The molecule has 6 nitrogen and oxygen atoms in total. The van der Waals surface area contributed by atoms with Gasteiger partial charge in [0, 0.05) is 25.2 Å². The molecule has 20 heavy (non-hydrogen) atoms. The van der Waals surface area contributed by atoms with E-state index in [1.54, 1.807) is 4.52 Å². The fourth-order valence-corrected chi connectivity index (χ4v) is 2.03. The van der Waals surface area contributed by atoms with E-state index in [0.29, 0.717) is 25.0 Å². The van der Waals surface area contributed by atoms with Gasteiger partial charge in [0.15, 0.2) is 5.65 Å². The molecule has 2 aromatic heterocycles. The van der Waals surface area contributed by atoms with Gasteiger partial charge in [-0.05, 0) is 43.9 Å². The van der Waals surface area contributed by atoms with Gasteiger partial charge in [-0.25, -0.2) is 4.52 Å². The molecule has 1 aliphatic carbocycles. The number of hydrogen-bond donors (Lipinski definition) is 2. The molecule has 1 saturated carbocycles. The zero-order valence-corrected chi connectivity index (χ0v) is 11.6. The van der Waals surface area contributed by atoms with E-state index in [4.69, 9.17) is 0 Å². The van der Waals surface area contributed by atoms with Crippen molar-refractivity contribution in [2.75, 3.05) is 11.9 Å². The van der Waals surface area contributed by atoms with Crippen molar-refractivity contribution in [1.82, 2.24) is 19.9 Å². The molecule has 1 aliphatic rings. The fraction of sp³-hybridized carbons (Fsp3) is 0.500. The van der Waals surface area contributed by atoms with E-state index in [-0.39, 0.29) is 5.91 Å².